The summed E-state index contributed by atoms with van der Waals surface area (Å²) in [6.07, 6.45) is 6.36. The maximum Gasteiger partial charge on any atom is 0.267 e. The van der Waals surface area contributed by atoms with E-state index < -0.39 is 29.4 Å². The van der Waals surface area contributed by atoms with Crippen molar-refractivity contribution >= 4 is 5.91 Å². The number of aromatic nitrogens is 1. The van der Waals surface area contributed by atoms with Gasteiger partial charge in [-0.15, -0.1) is 0 Å². The summed E-state index contributed by atoms with van der Waals surface area (Å²) in [5, 5.41) is 0. The molecule has 1 amide bonds. The fourth-order valence-electron chi connectivity index (χ4n) is 4.55. The molecule has 0 saturated heterocycles. The number of amides is 1. The van der Waals surface area contributed by atoms with Crippen LogP contribution >= 0.6 is 0 Å². The van der Waals surface area contributed by atoms with Crippen molar-refractivity contribution in [3.05, 3.63) is 76.1 Å². The number of primary amides is 1. The Balaban J connectivity index is 1.65. The number of nitrogens with zero attached hydrogens (tertiary/aromatic N) is 1. The van der Waals surface area contributed by atoms with Crippen LogP contribution in [0.3, 0.4) is 0 Å². The maximum atomic E-state index is 15.4. The maximum absolute atomic E-state index is 15.4. The van der Waals surface area contributed by atoms with Crippen molar-refractivity contribution in [3.8, 4) is 0 Å². The second-order valence-electron chi connectivity index (χ2n) is 8.68. The molecule has 1 unspecified atom stereocenters. The Hall–Kier alpha value is -2.70. The lowest BCUT2D eigenvalue weighted by atomic mass is 9.76. The average molecular weight is 432 g/mol. The van der Waals surface area contributed by atoms with E-state index >= 15 is 4.39 Å². The molecule has 3 nitrogen and oxygen atoms in total. The molecule has 1 aromatic heterocycles. The van der Waals surface area contributed by atoms with E-state index in [1.807, 2.05) is 12.2 Å². The van der Waals surface area contributed by atoms with Crippen molar-refractivity contribution in [2.45, 2.75) is 56.8 Å². The Bertz CT molecular complexity index is 1040. The Morgan fingerprint density at radius 2 is 1.97 bits per heavy atom. The molecule has 0 aliphatic heterocycles. The van der Waals surface area contributed by atoms with Gasteiger partial charge in [0.25, 0.3) is 5.91 Å². The molecule has 2 aliphatic carbocycles. The Labute approximate surface area is 178 Å². The van der Waals surface area contributed by atoms with Crippen LogP contribution in [-0.2, 0) is 0 Å². The monoisotopic (exact) mass is 432 g/mol. The molecular weight excluding hydrogens is 408 g/mol. The molecule has 2 aromatic rings. The minimum absolute atomic E-state index is 0.0399. The number of carbonyl (C=O) groups excluding carboxylic acids is 1. The lowest BCUT2D eigenvalue weighted by Gasteiger charge is -2.35. The summed E-state index contributed by atoms with van der Waals surface area (Å²) in [6.45, 7) is 1.74. The minimum atomic E-state index is -2.58. The standard InChI is InChI=1S/C24H24F4N2O/c1-13-9-20(23(29)31)30-12-18(13)17(4-2-3-14-10-24(27,28)11-14)21-19(25)8-7-16(22(21)26)15-5-6-15/h5-9,12,14-15,17H,2-4,10-11H2,1H3,(H2,29,31). The van der Waals surface area contributed by atoms with E-state index in [4.69, 9.17) is 5.73 Å². The fourth-order valence-corrected chi connectivity index (χ4v) is 4.55. The van der Waals surface area contributed by atoms with Crippen LogP contribution in [0.2, 0.25) is 0 Å². The predicted molar refractivity (Wildman–Crippen MR) is 109 cm³/mol. The molecule has 0 spiro atoms. The van der Waals surface area contributed by atoms with Gasteiger partial charge < -0.3 is 5.73 Å². The van der Waals surface area contributed by atoms with Gasteiger partial charge in [-0.3, -0.25) is 9.78 Å². The SMILES string of the molecule is Cc1cc(C(N)=O)ncc1C(CCCC1CC(F)(F)C1)c1c(F)ccc(C2C=C2)c1F. The lowest BCUT2D eigenvalue weighted by molar-refractivity contribution is -0.112. The van der Waals surface area contributed by atoms with Crippen LogP contribution in [0.1, 0.15) is 76.7 Å². The van der Waals surface area contributed by atoms with Gasteiger partial charge in [-0.2, -0.15) is 0 Å². The molecule has 1 saturated carbocycles. The topological polar surface area (TPSA) is 56.0 Å². The van der Waals surface area contributed by atoms with Crippen LogP contribution < -0.4 is 5.73 Å². The van der Waals surface area contributed by atoms with Crippen LogP contribution in [0, 0.1) is 24.5 Å². The molecule has 2 N–H and O–H groups in total. The molecule has 31 heavy (non-hydrogen) atoms. The lowest BCUT2D eigenvalue weighted by Crippen LogP contribution is -2.35. The van der Waals surface area contributed by atoms with Crippen LogP contribution in [-0.4, -0.2) is 16.8 Å². The molecule has 0 bridgehead atoms. The van der Waals surface area contributed by atoms with Crippen molar-refractivity contribution in [1.29, 1.82) is 0 Å². The summed E-state index contributed by atoms with van der Waals surface area (Å²) in [4.78, 5) is 15.5. The third kappa shape index (κ3) is 4.50. The molecule has 1 fully saturated rings. The number of allylic oxidation sites excluding steroid dienone is 2. The molecule has 7 heteroatoms. The van der Waals surface area contributed by atoms with Crippen LogP contribution in [0.25, 0.3) is 0 Å². The highest BCUT2D eigenvalue weighted by atomic mass is 19.3. The number of hydrogen-bond donors (Lipinski definition) is 1. The van der Waals surface area contributed by atoms with E-state index in [9.17, 15) is 18.0 Å². The van der Waals surface area contributed by atoms with Gasteiger partial charge in [0, 0.05) is 36.4 Å². The fraction of sp³-hybridized carbons (Fsp3) is 0.417. The first kappa shape index (κ1) is 21.5. The molecular formula is C24H24F4N2O. The third-order valence-electron chi connectivity index (χ3n) is 6.31. The number of rotatable bonds is 8. The highest BCUT2D eigenvalue weighted by Gasteiger charge is 2.44. The first-order valence-corrected chi connectivity index (χ1v) is 10.5. The first-order valence-electron chi connectivity index (χ1n) is 10.5. The number of carbonyl (C=O) groups is 1. The summed E-state index contributed by atoms with van der Waals surface area (Å²) in [5.41, 5.74) is 7.00. The van der Waals surface area contributed by atoms with Crippen molar-refractivity contribution in [2.75, 3.05) is 0 Å². The van der Waals surface area contributed by atoms with E-state index in [2.05, 4.69) is 4.98 Å². The molecule has 1 heterocycles. The summed E-state index contributed by atoms with van der Waals surface area (Å²) >= 11 is 0. The zero-order chi connectivity index (χ0) is 22.3. The molecule has 2 aliphatic rings. The number of halogens is 4. The summed E-state index contributed by atoms with van der Waals surface area (Å²) in [7, 11) is 0. The van der Waals surface area contributed by atoms with E-state index in [1.165, 1.54) is 24.4 Å². The minimum Gasteiger partial charge on any atom is -0.364 e. The number of nitrogens with two attached hydrogens (primary N) is 1. The number of pyridine rings is 1. The van der Waals surface area contributed by atoms with Gasteiger partial charge in [0.2, 0.25) is 5.92 Å². The highest BCUT2D eigenvalue weighted by molar-refractivity contribution is 5.90. The van der Waals surface area contributed by atoms with E-state index in [0.29, 0.717) is 36.0 Å². The largest absolute Gasteiger partial charge is 0.364 e. The van der Waals surface area contributed by atoms with Crippen LogP contribution in [0.15, 0.2) is 36.5 Å². The van der Waals surface area contributed by atoms with Gasteiger partial charge in [-0.05, 0) is 54.5 Å². The zero-order valence-electron chi connectivity index (χ0n) is 17.2. The normalized spacial score (nSPS) is 18.6. The van der Waals surface area contributed by atoms with Gasteiger partial charge in [-0.25, -0.2) is 17.6 Å². The Morgan fingerprint density at radius 1 is 1.26 bits per heavy atom. The number of alkyl halides is 2. The average Bonchev–Trinajstić information content (AvgIpc) is 3.50. The molecule has 1 atom stereocenters. The second kappa shape index (κ2) is 8.09. The summed E-state index contributed by atoms with van der Waals surface area (Å²) in [5.74, 6) is -5.35. The molecule has 1 aromatic carbocycles. The van der Waals surface area contributed by atoms with E-state index in [-0.39, 0.29) is 35.9 Å². The van der Waals surface area contributed by atoms with Gasteiger partial charge in [0.1, 0.15) is 17.3 Å². The van der Waals surface area contributed by atoms with Crippen LogP contribution in [0.4, 0.5) is 17.6 Å². The number of hydrogen-bond acceptors (Lipinski definition) is 2. The number of aryl methyl sites for hydroxylation is 1. The zero-order valence-corrected chi connectivity index (χ0v) is 17.2. The van der Waals surface area contributed by atoms with Gasteiger partial charge in [0.15, 0.2) is 0 Å². The van der Waals surface area contributed by atoms with Crippen molar-refractivity contribution < 1.29 is 22.4 Å². The quantitative estimate of drug-likeness (QED) is 0.425. The second-order valence-corrected chi connectivity index (χ2v) is 8.68. The van der Waals surface area contributed by atoms with Crippen LogP contribution in [0.5, 0.6) is 0 Å². The van der Waals surface area contributed by atoms with Gasteiger partial charge >= 0.3 is 0 Å². The molecule has 164 valence electrons. The Morgan fingerprint density at radius 3 is 2.55 bits per heavy atom. The third-order valence-corrected chi connectivity index (χ3v) is 6.31. The predicted octanol–water partition coefficient (Wildman–Crippen LogP) is 5.77. The van der Waals surface area contributed by atoms with Crippen molar-refractivity contribution in [2.24, 2.45) is 11.7 Å². The first-order chi connectivity index (χ1) is 14.7. The molecule has 0 radical (unpaired) electrons. The number of benzene rings is 1. The molecule has 4 rings (SSSR count). The highest BCUT2D eigenvalue weighted by Crippen LogP contribution is 2.46. The Kier molecular flexibility index (Phi) is 5.62. The van der Waals surface area contributed by atoms with Crippen molar-refractivity contribution in [3.63, 3.8) is 0 Å². The summed E-state index contributed by atoms with van der Waals surface area (Å²) in [6, 6.07) is 4.24. The van der Waals surface area contributed by atoms with Gasteiger partial charge in [-0.1, -0.05) is 24.6 Å². The summed E-state index contributed by atoms with van der Waals surface area (Å²) < 4.78 is 56.6. The van der Waals surface area contributed by atoms with Crippen molar-refractivity contribution in [1.82, 2.24) is 4.98 Å². The smallest absolute Gasteiger partial charge is 0.267 e. The van der Waals surface area contributed by atoms with E-state index in [1.54, 1.807) is 6.92 Å². The van der Waals surface area contributed by atoms with Gasteiger partial charge in [0.05, 0.1) is 0 Å². The van der Waals surface area contributed by atoms with E-state index in [0.717, 1.165) is 0 Å².